The number of carbonyl (C=O) groups excluding carboxylic acids is 2. The van der Waals surface area contributed by atoms with E-state index < -0.39 is 5.83 Å². The number of aromatic nitrogens is 2. The lowest BCUT2D eigenvalue weighted by atomic mass is 9.92. The molecule has 0 saturated heterocycles. The maximum atomic E-state index is 15.3. The molecule has 0 aliphatic rings. The van der Waals surface area contributed by atoms with Crippen molar-refractivity contribution in [1.29, 1.82) is 0 Å². The topological polar surface area (TPSA) is 81.2 Å². The van der Waals surface area contributed by atoms with Crippen LogP contribution in [0.5, 0.6) is 5.75 Å². The molecule has 0 atom stereocenters. The Hall–Kier alpha value is -5.17. The molecule has 5 rings (SSSR count). The van der Waals surface area contributed by atoms with Gasteiger partial charge in [-0.2, -0.15) is 0 Å². The number of rotatable bonds is 8. The summed E-state index contributed by atoms with van der Waals surface area (Å²) in [7, 11) is 1.45. The van der Waals surface area contributed by atoms with Gasteiger partial charge in [0.2, 0.25) is 0 Å². The van der Waals surface area contributed by atoms with Crippen LogP contribution in [0.25, 0.3) is 33.9 Å². The summed E-state index contributed by atoms with van der Waals surface area (Å²) >= 11 is 0. The molecule has 0 fully saturated rings. The van der Waals surface area contributed by atoms with Crippen molar-refractivity contribution in [2.24, 2.45) is 0 Å². The van der Waals surface area contributed by atoms with Gasteiger partial charge >= 0.3 is 0 Å². The summed E-state index contributed by atoms with van der Waals surface area (Å²) in [5.41, 5.74) is 7.31. The largest absolute Gasteiger partial charge is 0.496 e. The first-order valence-electron chi connectivity index (χ1n) is 12.6. The molecule has 0 aliphatic carbocycles. The lowest BCUT2D eigenvalue weighted by molar-refractivity contribution is 0.111. The number of aldehydes is 2. The zero-order chi connectivity index (χ0) is 28.2. The van der Waals surface area contributed by atoms with Crippen LogP contribution < -0.4 is 10.1 Å². The maximum Gasteiger partial charge on any atom is 0.156 e. The SMILES string of the molecule is COc1cc(C(F)=Cc2cccc(-c3cccc(Nc4nccc5cc(C=O)cnc45)c3C)c2C)ccc1C=O. The van der Waals surface area contributed by atoms with Gasteiger partial charge in [-0.1, -0.05) is 36.4 Å². The van der Waals surface area contributed by atoms with Gasteiger partial charge in [0.05, 0.1) is 12.7 Å². The summed E-state index contributed by atoms with van der Waals surface area (Å²) in [5.74, 6) is 0.471. The van der Waals surface area contributed by atoms with Crippen LogP contribution >= 0.6 is 0 Å². The van der Waals surface area contributed by atoms with Crippen LogP contribution in [0.3, 0.4) is 0 Å². The smallest absolute Gasteiger partial charge is 0.156 e. The number of anilines is 2. The third kappa shape index (κ3) is 5.09. The van der Waals surface area contributed by atoms with Crippen molar-refractivity contribution in [3.05, 3.63) is 113 Å². The molecule has 6 nitrogen and oxygen atoms in total. The fourth-order valence-electron chi connectivity index (χ4n) is 4.70. The molecule has 7 heteroatoms. The fourth-order valence-corrected chi connectivity index (χ4v) is 4.70. The highest BCUT2D eigenvalue weighted by atomic mass is 19.1. The molecule has 0 unspecified atom stereocenters. The molecule has 2 aromatic heterocycles. The molecule has 0 aliphatic heterocycles. The Bertz CT molecular complexity index is 1800. The Morgan fingerprint density at radius 1 is 0.875 bits per heavy atom. The molecule has 198 valence electrons. The molecule has 3 aromatic carbocycles. The summed E-state index contributed by atoms with van der Waals surface area (Å²) in [6.45, 7) is 3.98. The summed E-state index contributed by atoms with van der Waals surface area (Å²) in [4.78, 5) is 31.3. The second-order valence-electron chi connectivity index (χ2n) is 9.31. The average Bonchev–Trinajstić information content (AvgIpc) is 2.98. The van der Waals surface area contributed by atoms with E-state index in [4.69, 9.17) is 4.74 Å². The van der Waals surface area contributed by atoms with Crippen LogP contribution in [0.15, 0.2) is 79.1 Å². The van der Waals surface area contributed by atoms with Crippen molar-refractivity contribution in [1.82, 2.24) is 9.97 Å². The Labute approximate surface area is 231 Å². The van der Waals surface area contributed by atoms with E-state index >= 15 is 4.39 Å². The number of pyridine rings is 2. The van der Waals surface area contributed by atoms with Crippen LogP contribution in [0.2, 0.25) is 0 Å². The number of nitrogens with one attached hydrogen (secondary N) is 1. The van der Waals surface area contributed by atoms with Gasteiger partial charge in [0, 0.05) is 34.6 Å². The number of nitrogens with zero attached hydrogens (tertiary/aromatic N) is 2. The number of methoxy groups -OCH3 is 1. The second kappa shape index (κ2) is 11.3. The highest BCUT2D eigenvalue weighted by molar-refractivity contribution is 5.93. The molecule has 0 amide bonds. The van der Waals surface area contributed by atoms with E-state index in [1.807, 2.05) is 56.3 Å². The number of fused-ring (bicyclic) bond motifs is 1. The van der Waals surface area contributed by atoms with Gasteiger partial charge in [-0.3, -0.25) is 14.6 Å². The Morgan fingerprint density at radius 2 is 1.65 bits per heavy atom. The number of halogens is 1. The predicted octanol–water partition coefficient (Wildman–Crippen LogP) is 7.76. The Balaban J connectivity index is 1.50. The van der Waals surface area contributed by atoms with Crippen molar-refractivity contribution in [2.45, 2.75) is 13.8 Å². The lowest BCUT2D eigenvalue weighted by Gasteiger charge is -2.16. The van der Waals surface area contributed by atoms with Crippen molar-refractivity contribution >= 4 is 46.9 Å². The molecular weight excluding hydrogens is 505 g/mol. The lowest BCUT2D eigenvalue weighted by Crippen LogP contribution is -2.00. The summed E-state index contributed by atoms with van der Waals surface area (Å²) < 4.78 is 20.5. The molecule has 0 radical (unpaired) electrons. The van der Waals surface area contributed by atoms with Crippen LogP contribution in [0.4, 0.5) is 15.9 Å². The Morgan fingerprint density at radius 3 is 2.40 bits per heavy atom. The molecular formula is C33H26FN3O3. The van der Waals surface area contributed by atoms with E-state index in [9.17, 15) is 9.59 Å². The number of benzene rings is 3. The molecule has 5 aromatic rings. The molecule has 2 heterocycles. The zero-order valence-electron chi connectivity index (χ0n) is 22.2. The van der Waals surface area contributed by atoms with Crippen LogP contribution in [-0.4, -0.2) is 29.7 Å². The number of carbonyl (C=O) groups is 2. The molecule has 0 bridgehead atoms. The third-order valence-electron chi connectivity index (χ3n) is 6.93. The van der Waals surface area contributed by atoms with Crippen molar-refractivity contribution in [3.8, 4) is 16.9 Å². The van der Waals surface area contributed by atoms with Crippen molar-refractivity contribution in [3.63, 3.8) is 0 Å². The monoisotopic (exact) mass is 531 g/mol. The summed E-state index contributed by atoms with van der Waals surface area (Å²) in [5, 5.41) is 4.21. The van der Waals surface area contributed by atoms with E-state index in [0.717, 1.165) is 45.2 Å². The maximum absolute atomic E-state index is 15.3. The first-order valence-corrected chi connectivity index (χ1v) is 12.6. The van der Waals surface area contributed by atoms with Gasteiger partial charge < -0.3 is 10.1 Å². The van der Waals surface area contributed by atoms with Crippen molar-refractivity contribution in [2.75, 3.05) is 12.4 Å². The molecule has 40 heavy (non-hydrogen) atoms. The van der Waals surface area contributed by atoms with Gasteiger partial charge in [-0.15, -0.1) is 0 Å². The van der Waals surface area contributed by atoms with Gasteiger partial charge in [-0.05, 0) is 78.1 Å². The molecule has 1 N–H and O–H groups in total. The van der Waals surface area contributed by atoms with Gasteiger partial charge in [0.1, 0.15) is 17.1 Å². The first-order chi connectivity index (χ1) is 19.4. The van der Waals surface area contributed by atoms with Crippen LogP contribution in [-0.2, 0) is 0 Å². The number of ether oxygens (including phenoxy) is 1. The standard InChI is InChI=1S/C33H26FN3O3/c1-20-23(15-29(34)24-10-11-26(19-39)31(16-24)40-3)6-4-7-27(20)28-8-5-9-30(21(28)2)37-33-32-25(12-13-35-33)14-22(18-38)17-36-32/h4-19H,1-3H3,(H,35,37). The van der Waals surface area contributed by atoms with E-state index in [1.54, 1.807) is 24.4 Å². The second-order valence-corrected chi connectivity index (χ2v) is 9.31. The minimum atomic E-state index is -0.435. The Kier molecular flexibility index (Phi) is 7.46. The van der Waals surface area contributed by atoms with E-state index in [0.29, 0.717) is 40.1 Å². The fraction of sp³-hybridized carbons (Fsp3) is 0.0909. The number of hydrogen-bond donors (Lipinski definition) is 1. The quantitative estimate of drug-likeness (QED) is 0.163. The normalized spacial score (nSPS) is 11.3. The van der Waals surface area contributed by atoms with E-state index in [-0.39, 0.29) is 0 Å². The van der Waals surface area contributed by atoms with Crippen molar-refractivity contribution < 1.29 is 18.7 Å². The van der Waals surface area contributed by atoms with Gasteiger partial charge in [-0.25, -0.2) is 9.37 Å². The highest BCUT2D eigenvalue weighted by Crippen LogP contribution is 2.35. The number of hydrogen-bond acceptors (Lipinski definition) is 6. The summed E-state index contributed by atoms with van der Waals surface area (Å²) in [6.07, 6.45) is 6.14. The third-order valence-corrected chi connectivity index (χ3v) is 6.93. The van der Waals surface area contributed by atoms with Gasteiger partial charge in [0.15, 0.2) is 18.4 Å². The van der Waals surface area contributed by atoms with E-state index in [2.05, 4.69) is 15.3 Å². The molecule has 0 saturated carbocycles. The average molecular weight is 532 g/mol. The van der Waals surface area contributed by atoms with Crippen LogP contribution in [0, 0.1) is 13.8 Å². The van der Waals surface area contributed by atoms with Crippen LogP contribution in [0.1, 0.15) is 43.0 Å². The van der Waals surface area contributed by atoms with Gasteiger partial charge in [0.25, 0.3) is 0 Å². The molecule has 0 spiro atoms. The van der Waals surface area contributed by atoms with E-state index in [1.165, 1.54) is 25.4 Å². The highest BCUT2D eigenvalue weighted by Gasteiger charge is 2.14. The zero-order valence-corrected chi connectivity index (χ0v) is 22.2. The predicted molar refractivity (Wildman–Crippen MR) is 157 cm³/mol. The minimum Gasteiger partial charge on any atom is -0.496 e. The minimum absolute atomic E-state index is 0.321. The summed E-state index contributed by atoms with van der Waals surface area (Å²) in [6, 6.07) is 19.9. The first kappa shape index (κ1) is 26.4.